The lowest BCUT2D eigenvalue weighted by Gasteiger charge is -2.11. The molecule has 0 saturated heterocycles. The molecule has 0 aliphatic heterocycles. The number of benzene rings is 2. The molecule has 4 nitrogen and oxygen atoms in total. The average molecular weight is 381 g/mol. The summed E-state index contributed by atoms with van der Waals surface area (Å²) in [5.41, 5.74) is 4.08. The standard InChI is InChI=1S/C12H8BrF3N2O2S/c13-7-2-1-6(14)5-9(7)18-21(19,20)10-4-3-8(15)12(17)11(10)16/h1-5,18H,17H2. The largest absolute Gasteiger partial charge is 0.394 e. The molecule has 0 unspecified atom stereocenters. The van der Waals surface area contributed by atoms with E-state index in [1.54, 1.807) is 0 Å². The SMILES string of the molecule is Nc1c(F)ccc(S(=O)(=O)Nc2cc(F)ccc2Br)c1F. The van der Waals surface area contributed by atoms with Crippen molar-refractivity contribution >= 4 is 37.3 Å². The number of hydrogen-bond donors (Lipinski definition) is 2. The molecule has 21 heavy (non-hydrogen) atoms. The second-order valence-corrected chi connectivity index (χ2v) is 6.51. The van der Waals surface area contributed by atoms with Crippen LogP contribution in [0.2, 0.25) is 0 Å². The van der Waals surface area contributed by atoms with Crippen LogP contribution >= 0.6 is 15.9 Å². The van der Waals surface area contributed by atoms with E-state index in [1.165, 1.54) is 6.07 Å². The van der Waals surface area contributed by atoms with Crippen LogP contribution in [0.1, 0.15) is 0 Å². The lowest BCUT2D eigenvalue weighted by atomic mass is 10.3. The second kappa shape index (κ2) is 5.57. The number of nitrogens with one attached hydrogen (secondary N) is 1. The smallest absolute Gasteiger partial charge is 0.264 e. The van der Waals surface area contributed by atoms with Crippen molar-refractivity contribution in [3.05, 3.63) is 52.3 Å². The van der Waals surface area contributed by atoms with E-state index >= 15 is 0 Å². The fourth-order valence-corrected chi connectivity index (χ4v) is 3.17. The number of halogens is 4. The summed E-state index contributed by atoms with van der Waals surface area (Å²) in [7, 11) is -4.39. The van der Waals surface area contributed by atoms with Gasteiger partial charge in [0, 0.05) is 4.47 Å². The molecular weight excluding hydrogens is 373 g/mol. The maximum Gasteiger partial charge on any atom is 0.264 e. The molecule has 2 aromatic rings. The highest BCUT2D eigenvalue weighted by Gasteiger charge is 2.23. The molecule has 0 bridgehead atoms. The zero-order valence-corrected chi connectivity index (χ0v) is 12.6. The molecule has 2 rings (SSSR count). The Kier molecular flexibility index (Phi) is 4.15. The van der Waals surface area contributed by atoms with Crippen molar-refractivity contribution in [2.45, 2.75) is 4.90 Å². The molecular formula is C12H8BrF3N2O2S. The Morgan fingerprint density at radius 3 is 2.43 bits per heavy atom. The Bertz CT molecular complexity index is 812. The maximum atomic E-state index is 13.8. The lowest BCUT2D eigenvalue weighted by Crippen LogP contribution is -2.16. The zero-order valence-electron chi connectivity index (χ0n) is 10.2. The van der Waals surface area contributed by atoms with Crippen LogP contribution in [-0.4, -0.2) is 8.42 Å². The average Bonchev–Trinajstić information content (AvgIpc) is 2.39. The molecule has 0 fully saturated rings. The Morgan fingerprint density at radius 1 is 1.10 bits per heavy atom. The maximum absolute atomic E-state index is 13.8. The first kappa shape index (κ1) is 15.6. The van der Waals surface area contributed by atoms with Gasteiger partial charge in [0.15, 0.2) is 5.82 Å². The van der Waals surface area contributed by atoms with E-state index in [0.29, 0.717) is 0 Å². The summed E-state index contributed by atoms with van der Waals surface area (Å²) in [6.07, 6.45) is 0. The summed E-state index contributed by atoms with van der Waals surface area (Å²) in [5, 5.41) is 0. The number of hydrogen-bond acceptors (Lipinski definition) is 3. The van der Waals surface area contributed by atoms with Gasteiger partial charge in [-0.3, -0.25) is 4.72 Å². The molecule has 0 aliphatic carbocycles. The Balaban J connectivity index is 2.49. The van der Waals surface area contributed by atoms with Crippen LogP contribution in [0.15, 0.2) is 39.7 Å². The predicted octanol–water partition coefficient (Wildman–Crippen LogP) is 3.25. The molecule has 2 aromatic carbocycles. The van der Waals surface area contributed by atoms with Crippen LogP contribution < -0.4 is 10.5 Å². The van der Waals surface area contributed by atoms with Crippen molar-refractivity contribution in [2.75, 3.05) is 10.5 Å². The van der Waals surface area contributed by atoms with Gasteiger partial charge in [0.1, 0.15) is 22.2 Å². The van der Waals surface area contributed by atoms with Gasteiger partial charge in [0.2, 0.25) is 0 Å². The molecule has 0 saturated carbocycles. The van der Waals surface area contributed by atoms with Crippen molar-refractivity contribution in [1.29, 1.82) is 0 Å². The number of anilines is 2. The van der Waals surface area contributed by atoms with Gasteiger partial charge in [-0.15, -0.1) is 0 Å². The monoisotopic (exact) mass is 380 g/mol. The third-order valence-corrected chi connectivity index (χ3v) is 4.63. The summed E-state index contributed by atoms with van der Waals surface area (Å²) >= 11 is 3.03. The number of nitrogen functional groups attached to an aromatic ring is 1. The van der Waals surface area contributed by atoms with Crippen LogP contribution in [0, 0.1) is 17.5 Å². The molecule has 0 aromatic heterocycles. The number of sulfonamides is 1. The van der Waals surface area contributed by atoms with Crippen molar-refractivity contribution in [2.24, 2.45) is 0 Å². The van der Waals surface area contributed by atoms with E-state index < -0.39 is 38.1 Å². The minimum Gasteiger partial charge on any atom is -0.394 e. The molecule has 0 atom stereocenters. The fraction of sp³-hybridized carbons (Fsp3) is 0. The second-order valence-electron chi connectivity index (χ2n) is 4.00. The quantitative estimate of drug-likeness (QED) is 0.802. The van der Waals surface area contributed by atoms with Gasteiger partial charge < -0.3 is 5.73 Å². The van der Waals surface area contributed by atoms with E-state index in [1.807, 2.05) is 4.72 Å². The number of rotatable bonds is 3. The molecule has 0 radical (unpaired) electrons. The van der Waals surface area contributed by atoms with Crippen molar-refractivity contribution in [3.8, 4) is 0 Å². The van der Waals surface area contributed by atoms with Crippen LogP contribution in [0.5, 0.6) is 0 Å². The van der Waals surface area contributed by atoms with Crippen LogP contribution in [0.25, 0.3) is 0 Å². The van der Waals surface area contributed by atoms with E-state index in [9.17, 15) is 21.6 Å². The van der Waals surface area contributed by atoms with Gasteiger partial charge in [0.05, 0.1) is 5.69 Å². The summed E-state index contributed by atoms with van der Waals surface area (Å²) in [6, 6.07) is 4.76. The highest BCUT2D eigenvalue weighted by atomic mass is 79.9. The third kappa shape index (κ3) is 3.13. The minimum atomic E-state index is -4.39. The van der Waals surface area contributed by atoms with E-state index in [2.05, 4.69) is 15.9 Å². The van der Waals surface area contributed by atoms with Gasteiger partial charge in [-0.25, -0.2) is 21.6 Å². The minimum absolute atomic E-state index is 0.128. The molecule has 0 amide bonds. The molecule has 0 aliphatic rings. The van der Waals surface area contributed by atoms with Gasteiger partial charge in [0.25, 0.3) is 10.0 Å². The van der Waals surface area contributed by atoms with Crippen LogP contribution in [0.3, 0.4) is 0 Å². The summed E-state index contributed by atoms with van der Waals surface area (Å²) in [5.74, 6) is -3.16. The van der Waals surface area contributed by atoms with E-state index in [-0.39, 0.29) is 10.2 Å². The highest BCUT2D eigenvalue weighted by Crippen LogP contribution is 2.28. The first-order chi connectivity index (χ1) is 9.72. The topological polar surface area (TPSA) is 72.2 Å². The summed E-state index contributed by atoms with van der Waals surface area (Å²) in [4.78, 5) is -0.836. The molecule has 9 heteroatoms. The first-order valence-corrected chi connectivity index (χ1v) is 7.71. The first-order valence-electron chi connectivity index (χ1n) is 5.43. The number of nitrogens with two attached hydrogens (primary N) is 1. The van der Waals surface area contributed by atoms with Crippen molar-refractivity contribution in [3.63, 3.8) is 0 Å². The molecule has 3 N–H and O–H groups in total. The third-order valence-electron chi connectivity index (χ3n) is 2.55. The fourth-order valence-electron chi connectivity index (χ4n) is 1.53. The van der Waals surface area contributed by atoms with E-state index in [4.69, 9.17) is 5.73 Å². The zero-order chi connectivity index (χ0) is 15.8. The summed E-state index contributed by atoms with van der Waals surface area (Å²) < 4.78 is 66.4. The van der Waals surface area contributed by atoms with Crippen LogP contribution in [0.4, 0.5) is 24.5 Å². The van der Waals surface area contributed by atoms with Gasteiger partial charge in [-0.2, -0.15) is 0 Å². The molecule has 0 heterocycles. The van der Waals surface area contributed by atoms with Crippen molar-refractivity contribution < 1.29 is 21.6 Å². The summed E-state index contributed by atoms with van der Waals surface area (Å²) in [6.45, 7) is 0. The Labute approximate surface area is 127 Å². The molecule has 112 valence electrons. The van der Waals surface area contributed by atoms with E-state index in [0.717, 1.165) is 24.3 Å². The Morgan fingerprint density at radius 2 is 1.76 bits per heavy atom. The van der Waals surface area contributed by atoms with Crippen molar-refractivity contribution in [1.82, 2.24) is 0 Å². The van der Waals surface area contributed by atoms with Gasteiger partial charge in [-0.1, -0.05) is 0 Å². The molecule has 0 spiro atoms. The lowest BCUT2D eigenvalue weighted by molar-refractivity contribution is 0.557. The van der Waals surface area contributed by atoms with Gasteiger partial charge in [-0.05, 0) is 46.3 Å². The van der Waals surface area contributed by atoms with Crippen LogP contribution in [-0.2, 0) is 10.0 Å². The highest BCUT2D eigenvalue weighted by molar-refractivity contribution is 9.10. The predicted molar refractivity (Wildman–Crippen MR) is 75.7 cm³/mol. The Hall–Kier alpha value is -1.74. The van der Waals surface area contributed by atoms with Gasteiger partial charge >= 0.3 is 0 Å². The normalized spacial score (nSPS) is 11.4.